The summed E-state index contributed by atoms with van der Waals surface area (Å²) in [5, 5.41) is 7.56. The molecule has 17 heavy (non-hydrogen) atoms. The molecule has 0 atom stereocenters. The van der Waals surface area contributed by atoms with E-state index in [4.69, 9.17) is 0 Å². The first-order valence-corrected chi connectivity index (χ1v) is 5.65. The van der Waals surface area contributed by atoms with Crippen LogP contribution >= 0.6 is 0 Å². The van der Waals surface area contributed by atoms with Crippen LogP contribution in [0.1, 0.15) is 21.7 Å². The topological polar surface area (TPSA) is 46.9 Å². The number of hydrogen-bond donors (Lipinski definition) is 1. The number of fused-ring (bicyclic) bond motifs is 1. The predicted octanol–water partition coefficient (Wildman–Crippen LogP) is 1.47. The quantitative estimate of drug-likeness (QED) is 0.802. The molecule has 0 saturated heterocycles. The Balaban J connectivity index is 2.17. The van der Waals surface area contributed by atoms with Gasteiger partial charge in [0.25, 0.3) is 0 Å². The van der Waals surface area contributed by atoms with Crippen molar-refractivity contribution in [3.8, 4) is 5.69 Å². The van der Waals surface area contributed by atoms with Gasteiger partial charge in [0.1, 0.15) is 0 Å². The van der Waals surface area contributed by atoms with Crippen LogP contribution in [0, 0.1) is 6.92 Å². The van der Waals surface area contributed by atoms with Gasteiger partial charge in [0.05, 0.1) is 29.2 Å². The van der Waals surface area contributed by atoms with E-state index in [1.54, 1.807) is 0 Å². The summed E-state index contributed by atoms with van der Waals surface area (Å²) >= 11 is 0. The number of rotatable bonds is 1. The summed E-state index contributed by atoms with van der Waals surface area (Å²) in [7, 11) is 0. The zero-order chi connectivity index (χ0) is 11.8. The van der Waals surface area contributed by atoms with Gasteiger partial charge in [-0.3, -0.25) is 4.79 Å². The number of ketones is 1. The van der Waals surface area contributed by atoms with Crippen LogP contribution in [-0.2, 0) is 6.54 Å². The van der Waals surface area contributed by atoms with Crippen LogP contribution in [0.3, 0.4) is 0 Å². The van der Waals surface area contributed by atoms with E-state index in [-0.39, 0.29) is 5.78 Å². The molecule has 1 aromatic carbocycles. The molecule has 1 aliphatic rings. The second kappa shape index (κ2) is 3.82. The maximum atomic E-state index is 11.8. The van der Waals surface area contributed by atoms with Crippen LogP contribution in [0.5, 0.6) is 0 Å². The molecule has 2 aromatic rings. The monoisotopic (exact) mass is 227 g/mol. The molecule has 86 valence electrons. The first-order valence-electron chi connectivity index (χ1n) is 5.65. The zero-order valence-corrected chi connectivity index (χ0v) is 9.60. The van der Waals surface area contributed by atoms with Crippen molar-refractivity contribution in [1.29, 1.82) is 0 Å². The Morgan fingerprint density at radius 2 is 2.00 bits per heavy atom. The van der Waals surface area contributed by atoms with Crippen LogP contribution in [0.2, 0.25) is 0 Å². The third-order valence-corrected chi connectivity index (χ3v) is 3.05. The van der Waals surface area contributed by atoms with Crippen LogP contribution < -0.4 is 5.32 Å². The van der Waals surface area contributed by atoms with Crippen LogP contribution in [0.15, 0.2) is 30.3 Å². The van der Waals surface area contributed by atoms with Crippen molar-refractivity contribution < 1.29 is 4.79 Å². The van der Waals surface area contributed by atoms with Gasteiger partial charge in [0.15, 0.2) is 5.78 Å². The summed E-state index contributed by atoms with van der Waals surface area (Å²) in [6, 6.07) is 9.88. The Labute approximate surface area is 99.3 Å². The Morgan fingerprint density at radius 1 is 1.24 bits per heavy atom. The number of nitrogens with one attached hydrogen (secondary N) is 1. The third-order valence-electron chi connectivity index (χ3n) is 3.05. The molecule has 3 rings (SSSR count). The van der Waals surface area contributed by atoms with Gasteiger partial charge in [-0.05, 0) is 19.1 Å². The zero-order valence-electron chi connectivity index (χ0n) is 9.60. The number of hydrogen-bond acceptors (Lipinski definition) is 3. The fourth-order valence-electron chi connectivity index (χ4n) is 2.25. The lowest BCUT2D eigenvalue weighted by Gasteiger charge is -2.09. The largest absolute Gasteiger partial charge is 0.304 e. The second-order valence-corrected chi connectivity index (χ2v) is 4.18. The average Bonchev–Trinajstić information content (AvgIpc) is 2.69. The van der Waals surface area contributed by atoms with Crippen LogP contribution in [0.25, 0.3) is 5.69 Å². The van der Waals surface area contributed by atoms with E-state index in [1.165, 1.54) is 0 Å². The van der Waals surface area contributed by atoms with E-state index in [9.17, 15) is 4.79 Å². The van der Waals surface area contributed by atoms with Gasteiger partial charge in [-0.1, -0.05) is 18.2 Å². The highest BCUT2D eigenvalue weighted by molar-refractivity contribution is 6.00. The molecule has 4 nitrogen and oxygen atoms in total. The highest BCUT2D eigenvalue weighted by atomic mass is 16.1. The Kier molecular flexibility index (Phi) is 2.30. The molecular formula is C13H13N3O. The summed E-state index contributed by atoms with van der Waals surface area (Å²) in [5.74, 6) is 0.130. The van der Waals surface area contributed by atoms with E-state index in [0.29, 0.717) is 13.1 Å². The molecule has 0 fully saturated rings. The Hall–Kier alpha value is -1.94. The number of para-hydroxylation sites is 1. The number of carbonyl (C=O) groups excluding carboxylic acids is 1. The highest BCUT2D eigenvalue weighted by Gasteiger charge is 2.24. The lowest BCUT2D eigenvalue weighted by molar-refractivity contribution is 0.0981. The number of Topliss-reactive ketones (excluding diaryl/α,β-unsaturated/α-hetero) is 1. The Morgan fingerprint density at radius 3 is 2.71 bits per heavy atom. The van der Waals surface area contributed by atoms with Crippen LogP contribution in [-0.4, -0.2) is 22.1 Å². The standard InChI is InChI=1S/C13H13N3O/c1-9-13-11(7-14-8-12(13)17)15-16(9)10-5-3-2-4-6-10/h2-6,14H,7-8H2,1H3. The van der Waals surface area contributed by atoms with Gasteiger partial charge in [-0.2, -0.15) is 5.10 Å². The van der Waals surface area contributed by atoms with Crippen molar-refractivity contribution in [2.75, 3.05) is 6.54 Å². The molecule has 4 heteroatoms. The van der Waals surface area contributed by atoms with Crippen molar-refractivity contribution in [2.24, 2.45) is 0 Å². The summed E-state index contributed by atoms with van der Waals surface area (Å²) < 4.78 is 1.84. The maximum Gasteiger partial charge on any atom is 0.180 e. The SMILES string of the molecule is Cc1c2c(nn1-c1ccccc1)CNCC2=O. The molecule has 2 heterocycles. The number of aromatic nitrogens is 2. The lowest BCUT2D eigenvalue weighted by atomic mass is 10.1. The van der Waals surface area contributed by atoms with E-state index in [0.717, 1.165) is 22.6 Å². The lowest BCUT2D eigenvalue weighted by Crippen LogP contribution is -2.29. The predicted molar refractivity (Wildman–Crippen MR) is 64.3 cm³/mol. The number of carbonyl (C=O) groups is 1. The van der Waals surface area contributed by atoms with Gasteiger partial charge in [-0.25, -0.2) is 4.68 Å². The van der Waals surface area contributed by atoms with E-state index in [2.05, 4.69) is 10.4 Å². The minimum Gasteiger partial charge on any atom is -0.304 e. The van der Waals surface area contributed by atoms with Crippen molar-refractivity contribution in [3.05, 3.63) is 47.3 Å². The first kappa shape index (κ1) is 10.2. The normalized spacial score (nSPS) is 14.8. The van der Waals surface area contributed by atoms with Gasteiger partial charge in [0, 0.05) is 6.54 Å². The summed E-state index contributed by atoms with van der Waals surface area (Å²) in [4.78, 5) is 11.8. The third kappa shape index (κ3) is 1.57. The molecule has 0 radical (unpaired) electrons. The fourth-order valence-corrected chi connectivity index (χ4v) is 2.25. The first-order chi connectivity index (χ1) is 8.27. The van der Waals surface area contributed by atoms with Gasteiger partial charge in [0.2, 0.25) is 0 Å². The number of nitrogens with zero attached hydrogens (tertiary/aromatic N) is 2. The summed E-state index contributed by atoms with van der Waals surface area (Å²) in [5.41, 5.74) is 3.56. The molecule has 0 spiro atoms. The van der Waals surface area contributed by atoms with Crippen molar-refractivity contribution >= 4 is 5.78 Å². The van der Waals surface area contributed by atoms with E-state index >= 15 is 0 Å². The minimum absolute atomic E-state index is 0.130. The van der Waals surface area contributed by atoms with Gasteiger partial charge < -0.3 is 5.32 Å². The fraction of sp³-hybridized carbons (Fsp3) is 0.231. The van der Waals surface area contributed by atoms with Crippen molar-refractivity contribution in [1.82, 2.24) is 15.1 Å². The molecule has 1 aliphatic heterocycles. The van der Waals surface area contributed by atoms with Gasteiger partial charge >= 0.3 is 0 Å². The molecule has 0 bridgehead atoms. The minimum atomic E-state index is 0.130. The molecule has 1 aromatic heterocycles. The van der Waals surface area contributed by atoms with E-state index < -0.39 is 0 Å². The van der Waals surface area contributed by atoms with Crippen molar-refractivity contribution in [3.63, 3.8) is 0 Å². The maximum absolute atomic E-state index is 11.8. The van der Waals surface area contributed by atoms with E-state index in [1.807, 2.05) is 41.9 Å². The summed E-state index contributed by atoms with van der Waals surface area (Å²) in [6.07, 6.45) is 0. The van der Waals surface area contributed by atoms with Crippen molar-refractivity contribution in [2.45, 2.75) is 13.5 Å². The average molecular weight is 227 g/mol. The summed E-state index contributed by atoms with van der Waals surface area (Å²) in [6.45, 7) is 3.03. The highest BCUT2D eigenvalue weighted by Crippen LogP contribution is 2.20. The second-order valence-electron chi connectivity index (χ2n) is 4.18. The molecule has 0 saturated carbocycles. The molecular weight excluding hydrogens is 214 g/mol. The van der Waals surface area contributed by atoms with Crippen LogP contribution in [0.4, 0.5) is 0 Å². The molecule has 0 unspecified atom stereocenters. The molecule has 1 N–H and O–H groups in total. The molecule has 0 amide bonds. The Bertz CT molecular complexity index is 572. The smallest absolute Gasteiger partial charge is 0.180 e. The molecule has 0 aliphatic carbocycles. The van der Waals surface area contributed by atoms with Gasteiger partial charge in [-0.15, -0.1) is 0 Å². The number of benzene rings is 1.